The second-order valence-electron chi connectivity index (χ2n) is 1.52. The van der Waals surface area contributed by atoms with Crippen LogP contribution in [0.3, 0.4) is 0 Å². The lowest BCUT2D eigenvalue weighted by atomic mass is 10.4. The van der Waals surface area contributed by atoms with Gasteiger partial charge in [-0.25, -0.2) is 0 Å². The van der Waals surface area contributed by atoms with E-state index in [1.807, 2.05) is 0 Å². The van der Waals surface area contributed by atoms with Crippen LogP contribution in [0.15, 0.2) is 29.2 Å². The van der Waals surface area contributed by atoms with Gasteiger partial charge < -0.3 is 4.55 Å². The monoisotopic (exact) mass is 140 g/mol. The predicted molar refractivity (Wildman–Crippen MR) is 35.9 cm³/mol. The fraction of sp³-hybridized carbons (Fsp3) is 0. The van der Waals surface area contributed by atoms with Crippen molar-refractivity contribution in [1.82, 2.24) is 0 Å². The predicted octanol–water partition coefficient (Wildman–Crippen LogP) is 0.468. The highest BCUT2D eigenvalue weighted by Crippen LogP contribution is 2.01. The summed E-state index contributed by atoms with van der Waals surface area (Å²) in [6.07, 6.45) is 0. The lowest BCUT2D eigenvalue weighted by Crippen LogP contribution is -2.11. The Kier molecular flexibility index (Phi) is 2.10. The first-order chi connectivity index (χ1) is 4.30. The van der Waals surface area contributed by atoms with Gasteiger partial charge in [-0.15, -0.1) is 5.14 Å². The summed E-state index contributed by atoms with van der Waals surface area (Å²) >= 11 is -1.38. The Morgan fingerprint density at radius 1 is 1.56 bits per heavy atom. The number of nitrogens with two attached hydrogens (primary N) is 1. The molecule has 0 saturated heterocycles. The van der Waals surface area contributed by atoms with Crippen LogP contribution in [-0.4, -0.2) is 4.55 Å². The molecule has 0 aliphatic carbocycles. The van der Waals surface area contributed by atoms with E-state index in [1.165, 1.54) is 0 Å². The van der Waals surface area contributed by atoms with E-state index in [2.05, 4.69) is 6.07 Å². The van der Waals surface area contributed by atoms with Gasteiger partial charge in [-0.05, 0) is 12.1 Å². The van der Waals surface area contributed by atoms with Crippen molar-refractivity contribution >= 4 is 11.4 Å². The zero-order valence-corrected chi connectivity index (χ0v) is 5.52. The van der Waals surface area contributed by atoms with E-state index in [9.17, 15) is 4.55 Å². The van der Waals surface area contributed by atoms with E-state index in [4.69, 9.17) is 5.14 Å². The molecular weight excluding hydrogens is 134 g/mol. The topological polar surface area (TPSA) is 49.1 Å². The van der Waals surface area contributed by atoms with E-state index in [1.54, 1.807) is 24.3 Å². The third kappa shape index (κ3) is 1.71. The van der Waals surface area contributed by atoms with Gasteiger partial charge in [-0.3, -0.25) is 0 Å². The van der Waals surface area contributed by atoms with E-state index in [0.717, 1.165) is 0 Å². The molecule has 0 saturated carbocycles. The Morgan fingerprint density at radius 2 is 2.33 bits per heavy atom. The standard InChI is InChI=1S/C6H6NOS/c7-9(8)6-4-2-1-3-5-6/h1-4H,7H2. The molecule has 2 N–H and O–H groups in total. The molecule has 0 spiro atoms. The molecule has 2 nitrogen and oxygen atoms in total. The van der Waals surface area contributed by atoms with Crippen molar-refractivity contribution < 1.29 is 4.55 Å². The summed E-state index contributed by atoms with van der Waals surface area (Å²) < 4.78 is 10.5. The van der Waals surface area contributed by atoms with Gasteiger partial charge >= 0.3 is 0 Å². The molecule has 47 valence electrons. The smallest absolute Gasteiger partial charge is 0.181 e. The Balaban J connectivity index is 2.85. The summed E-state index contributed by atoms with van der Waals surface area (Å²) in [6.45, 7) is 0. The van der Waals surface area contributed by atoms with Crippen LogP contribution in [0.25, 0.3) is 0 Å². The molecule has 1 aromatic rings. The zero-order chi connectivity index (χ0) is 6.69. The van der Waals surface area contributed by atoms with Crippen LogP contribution in [0.2, 0.25) is 0 Å². The van der Waals surface area contributed by atoms with Crippen molar-refractivity contribution in [2.45, 2.75) is 4.90 Å². The second-order valence-corrected chi connectivity index (χ2v) is 2.56. The maximum atomic E-state index is 10.5. The molecule has 0 amide bonds. The third-order valence-electron chi connectivity index (χ3n) is 0.897. The largest absolute Gasteiger partial charge is 0.593 e. The summed E-state index contributed by atoms with van der Waals surface area (Å²) in [5.41, 5.74) is 0. The quantitative estimate of drug-likeness (QED) is 0.576. The maximum Gasteiger partial charge on any atom is 0.181 e. The Hall–Kier alpha value is -0.510. The van der Waals surface area contributed by atoms with Gasteiger partial charge in [0.25, 0.3) is 0 Å². The summed E-state index contributed by atoms with van der Waals surface area (Å²) in [5, 5.41) is 5.05. The average Bonchev–Trinajstić information content (AvgIpc) is 1.90. The van der Waals surface area contributed by atoms with E-state index in [0.29, 0.717) is 4.90 Å². The molecule has 3 heteroatoms. The SMILES string of the molecule is N[S+]([O-])c1[c]cccc1. The highest BCUT2D eigenvalue weighted by Gasteiger charge is 2.00. The maximum absolute atomic E-state index is 10.5. The van der Waals surface area contributed by atoms with Gasteiger partial charge in [-0.2, -0.15) is 0 Å². The van der Waals surface area contributed by atoms with Crippen LogP contribution in [0, 0.1) is 6.07 Å². The first-order valence-corrected chi connectivity index (χ1v) is 3.65. The molecule has 1 atom stereocenters. The summed E-state index contributed by atoms with van der Waals surface area (Å²) in [6, 6.07) is 9.68. The molecule has 0 aromatic heterocycles. The average molecular weight is 140 g/mol. The van der Waals surface area contributed by atoms with E-state index >= 15 is 0 Å². The molecule has 0 aliphatic rings. The van der Waals surface area contributed by atoms with Gasteiger partial charge in [0.15, 0.2) is 4.90 Å². The summed E-state index contributed by atoms with van der Waals surface area (Å²) in [7, 11) is 0. The Morgan fingerprint density at radius 3 is 2.67 bits per heavy atom. The van der Waals surface area contributed by atoms with E-state index in [-0.39, 0.29) is 0 Å². The van der Waals surface area contributed by atoms with Crippen LogP contribution in [0.4, 0.5) is 0 Å². The van der Waals surface area contributed by atoms with Crippen molar-refractivity contribution in [3.63, 3.8) is 0 Å². The fourth-order valence-corrected chi connectivity index (χ4v) is 0.899. The Labute approximate surface area is 57.0 Å². The molecule has 0 fully saturated rings. The highest BCUT2D eigenvalue weighted by molar-refractivity contribution is 7.89. The number of hydrogen-bond donors (Lipinski definition) is 1. The van der Waals surface area contributed by atoms with Gasteiger partial charge in [0, 0.05) is 6.07 Å². The molecule has 1 unspecified atom stereocenters. The normalized spacial score (nSPS) is 13.1. The minimum Gasteiger partial charge on any atom is -0.593 e. The van der Waals surface area contributed by atoms with Gasteiger partial charge in [-0.1, -0.05) is 12.1 Å². The lowest BCUT2D eigenvalue weighted by Gasteiger charge is -1.98. The third-order valence-corrected chi connectivity index (χ3v) is 1.58. The van der Waals surface area contributed by atoms with Crippen molar-refractivity contribution in [2.75, 3.05) is 0 Å². The molecule has 0 bridgehead atoms. The summed E-state index contributed by atoms with van der Waals surface area (Å²) in [4.78, 5) is 0.539. The minimum atomic E-state index is -1.38. The number of benzene rings is 1. The molecule has 0 aliphatic heterocycles. The minimum absolute atomic E-state index is 0.539. The van der Waals surface area contributed by atoms with Gasteiger partial charge in [0.1, 0.15) is 0 Å². The first-order valence-electron chi connectivity index (χ1n) is 2.43. The number of hydrogen-bond acceptors (Lipinski definition) is 2. The van der Waals surface area contributed by atoms with Gasteiger partial charge in [0.05, 0.1) is 11.4 Å². The molecule has 9 heavy (non-hydrogen) atoms. The lowest BCUT2D eigenvalue weighted by molar-refractivity contribution is 0.596. The van der Waals surface area contributed by atoms with Crippen LogP contribution in [0.5, 0.6) is 0 Å². The Bertz CT molecular complexity index is 176. The molecule has 1 radical (unpaired) electrons. The molecule has 1 aromatic carbocycles. The van der Waals surface area contributed by atoms with Crippen molar-refractivity contribution in [3.05, 3.63) is 30.3 Å². The first kappa shape index (κ1) is 6.61. The summed E-state index contributed by atoms with van der Waals surface area (Å²) in [5.74, 6) is 0. The molecule has 1 rings (SSSR count). The highest BCUT2D eigenvalue weighted by atomic mass is 32.2. The van der Waals surface area contributed by atoms with Crippen LogP contribution >= 0.6 is 0 Å². The molecule has 0 heterocycles. The van der Waals surface area contributed by atoms with Crippen LogP contribution < -0.4 is 5.14 Å². The molecular formula is C6H6NOS. The second kappa shape index (κ2) is 2.87. The number of rotatable bonds is 1. The zero-order valence-electron chi connectivity index (χ0n) is 4.70. The van der Waals surface area contributed by atoms with E-state index < -0.39 is 11.4 Å². The van der Waals surface area contributed by atoms with Crippen molar-refractivity contribution in [2.24, 2.45) is 5.14 Å². The fourth-order valence-electron chi connectivity index (χ4n) is 0.502. The van der Waals surface area contributed by atoms with Crippen molar-refractivity contribution in [3.8, 4) is 0 Å². The van der Waals surface area contributed by atoms with Crippen molar-refractivity contribution in [1.29, 1.82) is 0 Å². The van der Waals surface area contributed by atoms with Crippen LogP contribution in [0.1, 0.15) is 0 Å². The van der Waals surface area contributed by atoms with Crippen LogP contribution in [-0.2, 0) is 11.4 Å². The van der Waals surface area contributed by atoms with Gasteiger partial charge in [0.2, 0.25) is 0 Å².